The van der Waals surface area contributed by atoms with Gasteiger partial charge in [-0.25, -0.2) is 4.98 Å². The van der Waals surface area contributed by atoms with Gasteiger partial charge < -0.3 is 4.57 Å². The second-order valence-corrected chi connectivity index (χ2v) is 15.7. The molecule has 0 spiro atoms. The molecule has 0 aromatic carbocycles. The zero-order valence-corrected chi connectivity index (χ0v) is 32.7. The smallest absolute Gasteiger partial charge is 0.111 e. The number of unbranched alkanes of at least 4 members (excludes halogenated alkanes) is 30. The lowest BCUT2D eigenvalue weighted by atomic mass is 10.00. The molecule has 46 heavy (non-hydrogen) atoms. The molecule has 1 aromatic heterocycles. The molecular formula is C44H86N2. The molecular weight excluding hydrogens is 556 g/mol. The Balaban J connectivity index is 2.06. The summed E-state index contributed by atoms with van der Waals surface area (Å²) < 4.78 is 2.54. The predicted octanol–water partition coefficient (Wildman–Crippen LogP) is 16.0. The standard InChI is InChI=1S/C44H86N2/c1-6-8-10-12-14-16-18-20-22-23-25-27-29-31-33-35-37-39-46-40-43(41(3)4)45-44(46)42(5)38-36-34-32-30-28-26-24-21-19-17-15-13-11-9-7-2/h40-42H,6-39H2,1-5H3. The maximum Gasteiger partial charge on any atom is 0.111 e. The average molecular weight is 643 g/mol. The van der Waals surface area contributed by atoms with Crippen LogP contribution in [0.3, 0.4) is 0 Å². The van der Waals surface area contributed by atoms with Crippen LogP contribution in [0, 0.1) is 0 Å². The first-order chi connectivity index (χ1) is 22.6. The minimum atomic E-state index is 0.522. The molecule has 272 valence electrons. The Morgan fingerprint density at radius 3 is 1.07 bits per heavy atom. The molecule has 0 aliphatic rings. The van der Waals surface area contributed by atoms with Crippen molar-refractivity contribution in [1.82, 2.24) is 9.55 Å². The molecule has 0 saturated heterocycles. The zero-order chi connectivity index (χ0) is 33.3. The Hall–Kier alpha value is -0.790. The summed E-state index contributed by atoms with van der Waals surface area (Å²) in [6, 6.07) is 0. The Bertz CT molecular complexity index is 734. The van der Waals surface area contributed by atoms with Crippen molar-refractivity contribution in [2.75, 3.05) is 0 Å². The van der Waals surface area contributed by atoms with Crippen LogP contribution in [0.15, 0.2) is 6.20 Å². The molecule has 2 heteroatoms. The van der Waals surface area contributed by atoms with E-state index >= 15 is 0 Å². The summed E-state index contributed by atoms with van der Waals surface area (Å²) >= 11 is 0. The monoisotopic (exact) mass is 643 g/mol. The van der Waals surface area contributed by atoms with E-state index in [1.165, 1.54) is 223 Å². The largest absolute Gasteiger partial charge is 0.334 e. The fourth-order valence-corrected chi connectivity index (χ4v) is 7.26. The van der Waals surface area contributed by atoms with E-state index in [1.54, 1.807) is 0 Å². The van der Waals surface area contributed by atoms with E-state index in [0.29, 0.717) is 11.8 Å². The third kappa shape index (κ3) is 25.3. The van der Waals surface area contributed by atoms with E-state index < -0.39 is 0 Å². The van der Waals surface area contributed by atoms with Crippen LogP contribution in [-0.4, -0.2) is 9.55 Å². The fraction of sp³-hybridized carbons (Fsp3) is 0.932. The van der Waals surface area contributed by atoms with Gasteiger partial charge in [0.15, 0.2) is 0 Å². The molecule has 1 rings (SSSR count). The Labute approximate surface area is 291 Å². The summed E-state index contributed by atoms with van der Waals surface area (Å²) in [7, 11) is 0. The van der Waals surface area contributed by atoms with Gasteiger partial charge in [0, 0.05) is 18.7 Å². The van der Waals surface area contributed by atoms with Crippen molar-refractivity contribution < 1.29 is 0 Å². The molecule has 0 aliphatic heterocycles. The normalized spacial score (nSPS) is 12.5. The van der Waals surface area contributed by atoms with Gasteiger partial charge in [-0.15, -0.1) is 0 Å². The van der Waals surface area contributed by atoms with E-state index in [9.17, 15) is 0 Å². The van der Waals surface area contributed by atoms with Crippen LogP contribution in [0.1, 0.15) is 270 Å². The van der Waals surface area contributed by atoms with Crippen molar-refractivity contribution in [2.45, 2.75) is 265 Å². The Kier molecular flexibility index (Phi) is 30.8. The number of hydrogen-bond donors (Lipinski definition) is 0. The highest BCUT2D eigenvalue weighted by atomic mass is 15.1. The molecule has 0 fully saturated rings. The fourth-order valence-electron chi connectivity index (χ4n) is 7.26. The summed E-state index contributed by atoms with van der Waals surface area (Å²) in [6.45, 7) is 12.8. The lowest BCUT2D eigenvalue weighted by molar-refractivity contribution is 0.494. The van der Waals surface area contributed by atoms with Gasteiger partial charge in [-0.3, -0.25) is 0 Å². The molecule has 2 nitrogen and oxygen atoms in total. The number of aromatic nitrogens is 2. The zero-order valence-electron chi connectivity index (χ0n) is 32.7. The van der Waals surface area contributed by atoms with E-state index in [2.05, 4.69) is 45.4 Å². The Morgan fingerprint density at radius 2 is 0.739 bits per heavy atom. The van der Waals surface area contributed by atoms with Crippen LogP contribution in [0.25, 0.3) is 0 Å². The lowest BCUT2D eigenvalue weighted by Gasteiger charge is -2.14. The first kappa shape index (κ1) is 43.2. The summed E-state index contributed by atoms with van der Waals surface area (Å²) in [6.07, 6.45) is 49.7. The van der Waals surface area contributed by atoms with Crippen molar-refractivity contribution in [3.63, 3.8) is 0 Å². The summed E-state index contributed by atoms with van der Waals surface area (Å²) in [4.78, 5) is 5.16. The molecule has 0 N–H and O–H groups in total. The molecule has 0 saturated carbocycles. The lowest BCUT2D eigenvalue weighted by Crippen LogP contribution is -2.07. The minimum Gasteiger partial charge on any atom is -0.334 e. The molecule has 1 unspecified atom stereocenters. The van der Waals surface area contributed by atoms with Gasteiger partial charge >= 0.3 is 0 Å². The molecule has 1 heterocycles. The van der Waals surface area contributed by atoms with Crippen LogP contribution in [0.4, 0.5) is 0 Å². The third-order valence-corrected chi connectivity index (χ3v) is 10.6. The molecule has 1 atom stereocenters. The third-order valence-electron chi connectivity index (χ3n) is 10.6. The van der Waals surface area contributed by atoms with Crippen LogP contribution < -0.4 is 0 Å². The van der Waals surface area contributed by atoms with E-state index in [-0.39, 0.29) is 0 Å². The van der Waals surface area contributed by atoms with Crippen LogP contribution in [0.5, 0.6) is 0 Å². The highest BCUT2D eigenvalue weighted by Crippen LogP contribution is 2.25. The van der Waals surface area contributed by atoms with E-state index in [4.69, 9.17) is 4.98 Å². The number of rotatable bonds is 36. The highest BCUT2D eigenvalue weighted by Gasteiger charge is 2.16. The average Bonchev–Trinajstić information content (AvgIpc) is 3.49. The molecule has 0 bridgehead atoms. The molecule has 1 aromatic rings. The molecule has 0 radical (unpaired) electrons. The van der Waals surface area contributed by atoms with Crippen LogP contribution in [-0.2, 0) is 6.54 Å². The van der Waals surface area contributed by atoms with Gasteiger partial charge in [0.1, 0.15) is 5.82 Å². The highest BCUT2D eigenvalue weighted by molar-refractivity contribution is 5.11. The topological polar surface area (TPSA) is 17.8 Å². The van der Waals surface area contributed by atoms with Gasteiger partial charge in [-0.05, 0) is 18.8 Å². The first-order valence-electron chi connectivity index (χ1n) is 21.7. The van der Waals surface area contributed by atoms with E-state index in [0.717, 1.165) is 6.54 Å². The molecule has 0 amide bonds. The summed E-state index contributed by atoms with van der Waals surface area (Å²) in [5.41, 5.74) is 1.30. The van der Waals surface area contributed by atoms with Crippen molar-refractivity contribution in [1.29, 1.82) is 0 Å². The summed E-state index contributed by atoms with van der Waals surface area (Å²) in [5.74, 6) is 2.47. The quantitative estimate of drug-likeness (QED) is 0.0666. The predicted molar refractivity (Wildman–Crippen MR) is 208 cm³/mol. The van der Waals surface area contributed by atoms with Crippen molar-refractivity contribution >= 4 is 0 Å². The van der Waals surface area contributed by atoms with Crippen LogP contribution >= 0.6 is 0 Å². The number of hydrogen-bond acceptors (Lipinski definition) is 1. The van der Waals surface area contributed by atoms with Crippen molar-refractivity contribution in [3.8, 4) is 0 Å². The number of aryl methyl sites for hydroxylation is 1. The SMILES string of the molecule is CCCCCCCCCCCCCCCCCCCn1cc(C(C)C)nc1C(C)CCCCCCCCCCCCCCCCC. The minimum absolute atomic E-state index is 0.522. The maximum atomic E-state index is 5.16. The van der Waals surface area contributed by atoms with E-state index in [1.807, 2.05) is 0 Å². The second-order valence-electron chi connectivity index (χ2n) is 15.7. The van der Waals surface area contributed by atoms with Crippen molar-refractivity contribution in [3.05, 3.63) is 17.7 Å². The number of nitrogens with zero attached hydrogens (tertiary/aromatic N) is 2. The maximum absolute atomic E-state index is 5.16. The van der Waals surface area contributed by atoms with Gasteiger partial charge in [0.2, 0.25) is 0 Å². The first-order valence-corrected chi connectivity index (χ1v) is 21.7. The summed E-state index contributed by atoms with van der Waals surface area (Å²) in [5, 5.41) is 0. The second kappa shape index (κ2) is 32.7. The van der Waals surface area contributed by atoms with Gasteiger partial charge in [-0.1, -0.05) is 234 Å². The van der Waals surface area contributed by atoms with Crippen molar-refractivity contribution in [2.24, 2.45) is 0 Å². The van der Waals surface area contributed by atoms with Gasteiger partial charge in [0.25, 0.3) is 0 Å². The van der Waals surface area contributed by atoms with Gasteiger partial charge in [-0.2, -0.15) is 0 Å². The number of imidazole rings is 1. The Morgan fingerprint density at radius 1 is 0.435 bits per heavy atom. The van der Waals surface area contributed by atoms with Gasteiger partial charge in [0.05, 0.1) is 5.69 Å². The van der Waals surface area contributed by atoms with Crippen LogP contribution in [0.2, 0.25) is 0 Å². The molecule has 0 aliphatic carbocycles.